The van der Waals surface area contributed by atoms with Crippen molar-refractivity contribution in [1.29, 1.82) is 0 Å². The molecule has 4 rings (SSSR count). The zero-order chi connectivity index (χ0) is 34.2. The van der Waals surface area contributed by atoms with Crippen molar-refractivity contribution in [2.24, 2.45) is 0 Å². The Morgan fingerprint density at radius 1 is 0.391 bits per heavy atom. The molecule has 46 heavy (non-hydrogen) atoms. The minimum atomic E-state index is -0.144. The molecule has 242 valence electrons. The smallest absolute Gasteiger partial charge is 0.255 e. The topological polar surface area (TPSA) is 58.2 Å². The number of carbonyl (C=O) groups is 2. The lowest BCUT2D eigenvalue weighted by atomic mass is 9.80. The van der Waals surface area contributed by atoms with Crippen molar-refractivity contribution in [3.63, 3.8) is 0 Å². The van der Waals surface area contributed by atoms with Gasteiger partial charge in [0, 0.05) is 22.5 Å². The van der Waals surface area contributed by atoms with Crippen molar-refractivity contribution in [3.8, 4) is 11.1 Å². The van der Waals surface area contributed by atoms with Gasteiger partial charge in [0.25, 0.3) is 11.8 Å². The predicted molar refractivity (Wildman–Crippen MR) is 195 cm³/mol. The molecule has 0 saturated heterocycles. The fraction of sp³-hybridized carbons (Fsp3) is 0.381. The lowest BCUT2D eigenvalue weighted by molar-refractivity contribution is 0.101. The largest absolute Gasteiger partial charge is 0.322 e. The third kappa shape index (κ3) is 8.54. The van der Waals surface area contributed by atoms with E-state index in [-0.39, 0.29) is 33.5 Å². The molecule has 4 aromatic rings. The van der Waals surface area contributed by atoms with Gasteiger partial charge in [-0.2, -0.15) is 0 Å². The van der Waals surface area contributed by atoms with Crippen LogP contribution in [0.5, 0.6) is 0 Å². The summed E-state index contributed by atoms with van der Waals surface area (Å²) in [5.74, 6) is -0.288. The number of amides is 2. The van der Waals surface area contributed by atoms with E-state index in [1.165, 1.54) is 22.3 Å². The summed E-state index contributed by atoms with van der Waals surface area (Å²) in [6.07, 6.45) is 0. The molecule has 0 aliphatic rings. The Kier molecular flexibility index (Phi) is 9.46. The third-order valence-corrected chi connectivity index (χ3v) is 8.47. The van der Waals surface area contributed by atoms with E-state index < -0.39 is 0 Å². The zero-order valence-electron chi connectivity index (χ0n) is 29.9. The number of hydrogen-bond donors (Lipinski definition) is 2. The molecule has 0 bridgehead atoms. The lowest BCUT2D eigenvalue weighted by Crippen LogP contribution is -2.19. The second-order valence-electron chi connectivity index (χ2n) is 16.7. The third-order valence-electron chi connectivity index (χ3n) is 8.47. The van der Waals surface area contributed by atoms with Crippen molar-refractivity contribution >= 4 is 23.2 Å². The van der Waals surface area contributed by atoms with E-state index in [0.717, 1.165) is 22.5 Å². The van der Waals surface area contributed by atoms with E-state index in [9.17, 15) is 9.59 Å². The number of anilines is 2. The predicted octanol–water partition coefficient (Wildman–Crippen LogP) is 11.0. The highest BCUT2D eigenvalue weighted by molar-refractivity contribution is 6.05. The van der Waals surface area contributed by atoms with Crippen LogP contribution in [0.3, 0.4) is 0 Å². The maximum atomic E-state index is 13.2. The molecule has 4 nitrogen and oxygen atoms in total. The van der Waals surface area contributed by atoms with Crippen LogP contribution in [0.4, 0.5) is 11.4 Å². The molecule has 0 fully saturated rings. The Morgan fingerprint density at radius 3 is 0.848 bits per heavy atom. The van der Waals surface area contributed by atoms with Crippen molar-refractivity contribution in [2.45, 2.75) is 105 Å². The number of carbonyl (C=O) groups excluding carboxylic acids is 2. The van der Waals surface area contributed by atoms with Crippen molar-refractivity contribution in [1.82, 2.24) is 0 Å². The minimum absolute atomic E-state index is 0.0360. The molecule has 0 saturated carbocycles. The molecule has 0 aliphatic carbocycles. The molecular formula is C42H52N2O2. The van der Waals surface area contributed by atoms with Crippen LogP contribution >= 0.6 is 0 Å². The Hall–Kier alpha value is -4.18. The first-order valence-electron chi connectivity index (χ1n) is 16.3. The van der Waals surface area contributed by atoms with Crippen LogP contribution in [-0.2, 0) is 21.7 Å². The summed E-state index contributed by atoms with van der Waals surface area (Å²) in [4.78, 5) is 26.5. The van der Waals surface area contributed by atoms with E-state index in [1.807, 2.05) is 48.5 Å². The average Bonchev–Trinajstić information content (AvgIpc) is 2.95. The first-order chi connectivity index (χ1) is 21.1. The lowest BCUT2D eigenvalue weighted by Gasteiger charge is -2.26. The van der Waals surface area contributed by atoms with Crippen LogP contribution in [0.2, 0.25) is 0 Å². The van der Waals surface area contributed by atoms with Crippen LogP contribution in [-0.4, -0.2) is 11.8 Å². The summed E-state index contributed by atoms with van der Waals surface area (Å²) < 4.78 is 0. The highest BCUT2D eigenvalue weighted by Gasteiger charge is 2.23. The van der Waals surface area contributed by atoms with Crippen LogP contribution in [0.1, 0.15) is 126 Å². The Labute approximate surface area is 277 Å². The summed E-state index contributed by atoms with van der Waals surface area (Å²) in [6, 6.07) is 27.9. The molecule has 0 aromatic heterocycles. The number of benzene rings is 4. The first kappa shape index (κ1) is 34.7. The average molecular weight is 617 g/mol. The first-order valence-corrected chi connectivity index (χ1v) is 16.3. The maximum Gasteiger partial charge on any atom is 0.255 e. The van der Waals surface area contributed by atoms with Crippen LogP contribution < -0.4 is 10.6 Å². The number of rotatable bonds is 5. The molecule has 4 aromatic carbocycles. The van der Waals surface area contributed by atoms with Crippen LogP contribution in [0, 0.1) is 0 Å². The van der Waals surface area contributed by atoms with Crippen molar-refractivity contribution in [2.75, 3.05) is 10.6 Å². The normalized spacial score (nSPS) is 12.5. The maximum absolute atomic E-state index is 13.2. The Balaban J connectivity index is 1.49. The SMILES string of the molecule is CC(C)(C)c1cc(NC(=O)c2ccc(-c3ccc(C(=O)Nc4cc(C(C)(C)C)cc(C(C)(C)C)c4)cc3)cc2)cc(C(C)(C)C)c1. The second-order valence-corrected chi connectivity index (χ2v) is 16.7. The Bertz CT molecular complexity index is 1520. The zero-order valence-corrected chi connectivity index (χ0v) is 29.9. The summed E-state index contributed by atoms with van der Waals surface area (Å²) in [7, 11) is 0. The van der Waals surface area contributed by atoms with Gasteiger partial charge in [-0.05, 0) is 104 Å². The van der Waals surface area contributed by atoms with E-state index in [2.05, 4.69) is 130 Å². The van der Waals surface area contributed by atoms with E-state index in [1.54, 1.807) is 0 Å². The summed E-state index contributed by atoms with van der Waals surface area (Å²) in [5, 5.41) is 6.24. The molecule has 4 heteroatoms. The van der Waals surface area contributed by atoms with Gasteiger partial charge in [0.15, 0.2) is 0 Å². The molecule has 0 radical (unpaired) electrons. The molecule has 2 amide bonds. The van der Waals surface area contributed by atoms with Gasteiger partial charge < -0.3 is 10.6 Å². The number of hydrogen-bond acceptors (Lipinski definition) is 2. The second kappa shape index (κ2) is 12.5. The van der Waals surface area contributed by atoms with Crippen LogP contribution in [0.25, 0.3) is 11.1 Å². The van der Waals surface area contributed by atoms with Gasteiger partial charge in [-0.3, -0.25) is 9.59 Å². The standard InChI is InChI=1S/C42H52N2O2/c1-39(2,3)31-21-32(40(4,5)6)24-35(23-31)43-37(45)29-17-13-27(14-18-29)28-15-19-30(20-16-28)38(46)44-36-25-33(41(7,8)9)22-34(26-36)42(10,11)12/h13-26H,1-12H3,(H,43,45)(H,44,46). The summed E-state index contributed by atoms with van der Waals surface area (Å²) >= 11 is 0. The quantitative estimate of drug-likeness (QED) is 0.234. The fourth-order valence-electron chi connectivity index (χ4n) is 5.17. The molecule has 0 heterocycles. The summed E-state index contributed by atoms with van der Waals surface area (Å²) in [5.41, 5.74) is 9.35. The van der Waals surface area contributed by atoms with Gasteiger partial charge in [-0.15, -0.1) is 0 Å². The molecule has 0 aliphatic heterocycles. The number of nitrogens with one attached hydrogen (secondary N) is 2. The molecule has 0 spiro atoms. The molecule has 0 unspecified atom stereocenters. The minimum Gasteiger partial charge on any atom is -0.322 e. The van der Waals surface area contributed by atoms with E-state index in [0.29, 0.717) is 11.1 Å². The van der Waals surface area contributed by atoms with Crippen LogP contribution in [0.15, 0.2) is 84.9 Å². The molecule has 0 atom stereocenters. The van der Waals surface area contributed by atoms with Gasteiger partial charge in [-0.1, -0.05) is 119 Å². The van der Waals surface area contributed by atoms with Gasteiger partial charge in [-0.25, -0.2) is 0 Å². The summed E-state index contributed by atoms with van der Waals surface area (Å²) in [6.45, 7) is 26.2. The van der Waals surface area contributed by atoms with Crippen molar-refractivity contribution < 1.29 is 9.59 Å². The van der Waals surface area contributed by atoms with Gasteiger partial charge in [0.1, 0.15) is 0 Å². The van der Waals surface area contributed by atoms with Crippen molar-refractivity contribution in [3.05, 3.63) is 118 Å². The van der Waals surface area contributed by atoms with Gasteiger partial charge in [0.2, 0.25) is 0 Å². The monoisotopic (exact) mass is 616 g/mol. The molecule has 2 N–H and O–H groups in total. The highest BCUT2D eigenvalue weighted by atomic mass is 16.2. The Morgan fingerprint density at radius 2 is 0.630 bits per heavy atom. The van der Waals surface area contributed by atoms with Gasteiger partial charge >= 0.3 is 0 Å². The fourth-order valence-corrected chi connectivity index (χ4v) is 5.17. The van der Waals surface area contributed by atoms with E-state index >= 15 is 0 Å². The highest BCUT2D eigenvalue weighted by Crippen LogP contribution is 2.34. The molecular weight excluding hydrogens is 564 g/mol. The van der Waals surface area contributed by atoms with E-state index in [4.69, 9.17) is 0 Å². The van der Waals surface area contributed by atoms with Gasteiger partial charge in [0.05, 0.1) is 0 Å².